The van der Waals surface area contributed by atoms with Crippen molar-refractivity contribution < 1.29 is 9.90 Å². The first kappa shape index (κ1) is 16.4. The average Bonchev–Trinajstić information content (AvgIpc) is 2.52. The summed E-state index contributed by atoms with van der Waals surface area (Å²) in [5, 5.41) is 10.9. The topological polar surface area (TPSA) is 37.3 Å². The predicted molar refractivity (Wildman–Crippen MR) is 90.5 cm³/mol. The van der Waals surface area contributed by atoms with Crippen LogP contribution < -0.4 is 0 Å². The third-order valence-electron chi connectivity index (χ3n) is 5.01. The maximum Gasteiger partial charge on any atom is 0.199 e. The molecule has 1 atom stereocenters. The minimum absolute atomic E-state index is 0.236. The highest BCUT2D eigenvalue weighted by atomic mass is 16.3. The normalized spacial score (nSPS) is 13.8. The van der Waals surface area contributed by atoms with Gasteiger partial charge in [0.05, 0.1) is 0 Å². The van der Waals surface area contributed by atoms with Crippen LogP contribution in [0.4, 0.5) is 0 Å². The molecule has 2 rings (SSSR count). The molecule has 0 heterocycles. The minimum atomic E-state index is -1.52. The number of Topliss-reactive ketones (excluding diaryl/α,β-unsaturated/α-hetero) is 1. The molecule has 0 aromatic heterocycles. The van der Waals surface area contributed by atoms with Gasteiger partial charge in [-0.3, -0.25) is 4.79 Å². The molecule has 0 fully saturated rings. The van der Waals surface area contributed by atoms with E-state index < -0.39 is 5.60 Å². The van der Waals surface area contributed by atoms with E-state index in [1.54, 1.807) is 19.1 Å². The summed E-state index contributed by atoms with van der Waals surface area (Å²) in [6.45, 7) is 11.6. The van der Waals surface area contributed by atoms with Crippen molar-refractivity contribution in [2.45, 2.75) is 47.1 Å². The fourth-order valence-electron chi connectivity index (χ4n) is 2.98. The standard InChI is InChI=1S/C20H24O2/c1-12-13(2)15(4)18(16(5)14(12)3)19(21)20(6,22)17-10-8-7-9-11-17/h7-11,22H,1-6H3. The van der Waals surface area contributed by atoms with E-state index in [-0.39, 0.29) is 5.78 Å². The van der Waals surface area contributed by atoms with E-state index in [1.807, 2.05) is 45.9 Å². The molecular formula is C20H24O2. The van der Waals surface area contributed by atoms with Crippen LogP contribution in [0.25, 0.3) is 0 Å². The molecule has 2 nitrogen and oxygen atoms in total. The van der Waals surface area contributed by atoms with Crippen molar-refractivity contribution in [3.05, 3.63) is 69.3 Å². The van der Waals surface area contributed by atoms with E-state index in [9.17, 15) is 9.90 Å². The van der Waals surface area contributed by atoms with Crippen LogP contribution in [-0.4, -0.2) is 10.9 Å². The second-order valence-corrected chi connectivity index (χ2v) is 6.27. The molecule has 0 saturated carbocycles. The molecule has 1 N–H and O–H groups in total. The lowest BCUT2D eigenvalue weighted by Gasteiger charge is -2.26. The van der Waals surface area contributed by atoms with Crippen molar-refractivity contribution in [2.75, 3.05) is 0 Å². The van der Waals surface area contributed by atoms with Gasteiger partial charge in [-0.2, -0.15) is 0 Å². The summed E-state index contributed by atoms with van der Waals surface area (Å²) in [5.74, 6) is -0.236. The van der Waals surface area contributed by atoms with Crippen LogP contribution in [0.3, 0.4) is 0 Å². The fourth-order valence-corrected chi connectivity index (χ4v) is 2.98. The van der Waals surface area contributed by atoms with Crippen LogP contribution in [0, 0.1) is 34.6 Å². The van der Waals surface area contributed by atoms with Gasteiger partial charge in [-0.05, 0) is 74.9 Å². The largest absolute Gasteiger partial charge is 0.377 e. The molecule has 0 aliphatic carbocycles. The number of carbonyl (C=O) groups excluding carboxylic acids is 1. The van der Waals surface area contributed by atoms with E-state index >= 15 is 0 Å². The van der Waals surface area contributed by atoms with Gasteiger partial charge in [0, 0.05) is 5.56 Å². The first-order valence-corrected chi connectivity index (χ1v) is 7.59. The van der Waals surface area contributed by atoms with Gasteiger partial charge in [0.2, 0.25) is 0 Å². The van der Waals surface area contributed by atoms with Crippen molar-refractivity contribution >= 4 is 5.78 Å². The highest BCUT2D eigenvalue weighted by molar-refractivity contribution is 6.05. The number of benzene rings is 2. The first-order valence-electron chi connectivity index (χ1n) is 7.59. The molecule has 0 bridgehead atoms. The van der Waals surface area contributed by atoms with Crippen LogP contribution in [0.1, 0.15) is 50.7 Å². The van der Waals surface area contributed by atoms with Crippen molar-refractivity contribution in [3.8, 4) is 0 Å². The highest BCUT2D eigenvalue weighted by Crippen LogP contribution is 2.32. The molecule has 116 valence electrons. The molecule has 0 aliphatic heterocycles. The van der Waals surface area contributed by atoms with Gasteiger partial charge in [0.25, 0.3) is 0 Å². The third kappa shape index (κ3) is 2.48. The molecule has 0 saturated heterocycles. The van der Waals surface area contributed by atoms with Crippen molar-refractivity contribution in [1.82, 2.24) is 0 Å². The molecule has 1 unspecified atom stereocenters. The molecule has 0 aliphatic rings. The Labute approximate surface area is 132 Å². The molecule has 0 radical (unpaired) electrons. The van der Waals surface area contributed by atoms with Crippen LogP contribution in [0.15, 0.2) is 30.3 Å². The number of hydrogen-bond acceptors (Lipinski definition) is 2. The lowest BCUT2D eigenvalue weighted by Crippen LogP contribution is -2.33. The maximum absolute atomic E-state index is 13.1. The van der Waals surface area contributed by atoms with E-state index in [1.165, 1.54) is 5.56 Å². The number of carbonyl (C=O) groups is 1. The highest BCUT2D eigenvalue weighted by Gasteiger charge is 2.35. The number of ketones is 1. The summed E-state index contributed by atoms with van der Waals surface area (Å²) in [4.78, 5) is 13.1. The van der Waals surface area contributed by atoms with Gasteiger partial charge in [-0.15, -0.1) is 0 Å². The lowest BCUT2D eigenvalue weighted by molar-refractivity contribution is 0.0391. The van der Waals surface area contributed by atoms with Crippen molar-refractivity contribution in [2.24, 2.45) is 0 Å². The van der Waals surface area contributed by atoms with E-state index in [0.29, 0.717) is 11.1 Å². The number of hydrogen-bond donors (Lipinski definition) is 1. The Morgan fingerprint density at radius 2 is 1.23 bits per heavy atom. The van der Waals surface area contributed by atoms with Crippen molar-refractivity contribution in [1.29, 1.82) is 0 Å². The summed E-state index contributed by atoms with van der Waals surface area (Å²) < 4.78 is 0. The van der Waals surface area contributed by atoms with Gasteiger partial charge < -0.3 is 5.11 Å². The number of aliphatic hydroxyl groups is 1. The van der Waals surface area contributed by atoms with Gasteiger partial charge >= 0.3 is 0 Å². The molecule has 2 heteroatoms. The zero-order chi connectivity index (χ0) is 16.7. The minimum Gasteiger partial charge on any atom is -0.377 e. The summed E-state index contributed by atoms with van der Waals surface area (Å²) in [6.07, 6.45) is 0. The molecule has 0 spiro atoms. The predicted octanol–water partition coefficient (Wildman–Crippen LogP) is 4.32. The van der Waals surface area contributed by atoms with E-state index in [4.69, 9.17) is 0 Å². The van der Waals surface area contributed by atoms with Gasteiger partial charge in [-0.25, -0.2) is 0 Å². The van der Waals surface area contributed by atoms with Crippen LogP contribution in [-0.2, 0) is 5.60 Å². The first-order chi connectivity index (χ1) is 10.2. The Morgan fingerprint density at radius 1 is 0.818 bits per heavy atom. The Hall–Kier alpha value is -1.93. The molecular weight excluding hydrogens is 272 g/mol. The Bertz CT molecular complexity index is 696. The van der Waals surface area contributed by atoms with Crippen LogP contribution in [0.5, 0.6) is 0 Å². The quantitative estimate of drug-likeness (QED) is 0.856. The summed E-state index contributed by atoms with van der Waals surface area (Å²) in [6, 6.07) is 9.12. The SMILES string of the molecule is Cc1c(C)c(C)c(C(=O)C(C)(O)c2ccccc2)c(C)c1C. The van der Waals surface area contributed by atoms with Gasteiger partial charge in [0.1, 0.15) is 5.60 Å². The Kier molecular flexibility index (Phi) is 4.25. The molecule has 2 aromatic carbocycles. The average molecular weight is 296 g/mol. The maximum atomic E-state index is 13.1. The van der Waals surface area contributed by atoms with Gasteiger partial charge in [0.15, 0.2) is 5.78 Å². The Balaban J connectivity index is 2.65. The van der Waals surface area contributed by atoms with Crippen LogP contribution in [0.2, 0.25) is 0 Å². The van der Waals surface area contributed by atoms with E-state index in [0.717, 1.165) is 22.3 Å². The lowest BCUT2D eigenvalue weighted by atomic mass is 9.81. The van der Waals surface area contributed by atoms with Crippen LogP contribution >= 0.6 is 0 Å². The summed E-state index contributed by atoms with van der Waals surface area (Å²) in [5.41, 5.74) is 5.12. The third-order valence-corrected chi connectivity index (χ3v) is 5.01. The summed E-state index contributed by atoms with van der Waals surface area (Å²) >= 11 is 0. The second-order valence-electron chi connectivity index (χ2n) is 6.27. The van der Waals surface area contributed by atoms with Gasteiger partial charge in [-0.1, -0.05) is 30.3 Å². The molecule has 0 amide bonds. The molecule has 2 aromatic rings. The monoisotopic (exact) mass is 296 g/mol. The zero-order valence-electron chi connectivity index (χ0n) is 14.2. The van der Waals surface area contributed by atoms with Crippen molar-refractivity contribution in [3.63, 3.8) is 0 Å². The number of rotatable bonds is 3. The molecule has 22 heavy (non-hydrogen) atoms. The fraction of sp³-hybridized carbons (Fsp3) is 0.350. The Morgan fingerprint density at radius 3 is 1.68 bits per heavy atom. The zero-order valence-corrected chi connectivity index (χ0v) is 14.2. The second kappa shape index (κ2) is 5.69. The van der Waals surface area contributed by atoms with E-state index in [2.05, 4.69) is 6.92 Å². The smallest absolute Gasteiger partial charge is 0.199 e. The summed E-state index contributed by atoms with van der Waals surface area (Å²) in [7, 11) is 0.